The number of esters is 1. The molecular weight excluding hydrogens is 118 g/mol. The lowest BCUT2D eigenvalue weighted by atomic mass is 10.4. The van der Waals surface area contributed by atoms with Crippen molar-refractivity contribution in [2.24, 2.45) is 5.73 Å². The third-order valence-corrected chi connectivity index (χ3v) is 0.724. The summed E-state index contributed by atoms with van der Waals surface area (Å²) in [6.07, 6.45) is -0.0662. The molecular formula is C6H15NO2. The van der Waals surface area contributed by atoms with Crippen LogP contribution in [0.25, 0.3) is 0 Å². The number of nitrogens with two attached hydrogens (primary N) is 1. The molecule has 0 spiro atoms. The minimum absolute atomic E-state index is 0. The minimum atomic E-state index is -0.507. The first-order valence-corrected chi connectivity index (χ1v) is 3.00. The van der Waals surface area contributed by atoms with E-state index in [9.17, 15) is 4.79 Å². The molecule has 0 aliphatic rings. The maximum absolute atomic E-state index is 10.6. The molecule has 0 heterocycles. The Labute approximate surface area is 56.7 Å². The zero-order chi connectivity index (χ0) is 7.44. The van der Waals surface area contributed by atoms with Gasteiger partial charge in [-0.25, -0.2) is 0 Å². The highest BCUT2D eigenvalue weighted by Gasteiger charge is 2.09. The first-order valence-electron chi connectivity index (χ1n) is 3.00. The van der Waals surface area contributed by atoms with E-state index in [1.807, 2.05) is 0 Å². The van der Waals surface area contributed by atoms with Crippen LogP contribution in [0.3, 0.4) is 0 Å². The predicted octanol–water partition coefficient (Wildman–Crippen LogP) is 0.531. The lowest BCUT2D eigenvalue weighted by Gasteiger charge is -2.08. The molecule has 0 aliphatic carbocycles. The Kier molecular flexibility index (Phi) is 3.24. The Morgan fingerprint density at radius 1 is 1.56 bits per heavy atom. The molecule has 0 aromatic heterocycles. The lowest BCUT2D eigenvalue weighted by Crippen LogP contribution is -2.30. The summed E-state index contributed by atoms with van der Waals surface area (Å²) in [5.41, 5.74) is 5.21. The van der Waals surface area contributed by atoms with Gasteiger partial charge in [-0.1, -0.05) is 0 Å². The molecule has 1 atom stereocenters. The summed E-state index contributed by atoms with van der Waals surface area (Å²) in [6, 6.07) is -0.507. The quantitative estimate of drug-likeness (QED) is 0.559. The summed E-state index contributed by atoms with van der Waals surface area (Å²) in [5, 5.41) is 0. The van der Waals surface area contributed by atoms with Gasteiger partial charge >= 0.3 is 5.97 Å². The van der Waals surface area contributed by atoms with Crippen molar-refractivity contribution in [1.82, 2.24) is 0 Å². The zero-order valence-corrected chi connectivity index (χ0v) is 6.05. The monoisotopic (exact) mass is 133 g/mol. The van der Waals surface area contributed by atoms with Crippen LogP contribution in [0.15, 0.2) is 0 Å². The smallest absolute Gasteiger partial charge is 0.322 e. The number of ether oxygens (including phenoxy) is 1. The third kappa shape index (κ3) is 3.97. The first kappa shape index (κ1) is 8.43. The van der Waals surface area contributed by atoms with E-state index in [0.29, 0.717) is 0 Å². The van der Waals surface area contributed by atoms with Gasteiger partial charge in [-0.3, -0.25) is 4.79 Å². The molecule has 0 rings (SSSR count). The summed E-state index contributed by atoms with van der Waals surface area (Å²) in [5.74, 6) is -0.343. The van der Waals surface area contributed by atoms with Gasteiger partial charge in [-0.05, 0) is 20.8 Å². The average molecular weight is 133 g/mol. The molecule has 0 aliphatic heterocycles. The number of carbonyl (C=O) groups excluding carboxylic acids is 1. The molecule has 0 aromatic rings. The topological polar surface area (TPSA) is 52.3 Å². The normalized spacial score (nSPS) is 13.4. The molecule has 9 heavy (non-hydrogen) atoms. The van der Waals surface area contributed by atoms with Gasteiger partial charge in [0.25, 0.3) is 0 Å². The van der Waals surface area contributed by atoms with Gasteiger partial charge in [0.15, 0.2) is 0 Å². The van der Waals surface area contributed by atoms with Gasteiger partial charge in [-0.2, -0.15) is 0 Å². The first-order chi connectivity index (χ1) is 4.04. The highest BCUT2D eigenvalue weighted by Crippen LogP contribution is 1.90. The standard InChI is InChI=1S/C6H13NO2.H2/c1-4(2)9-6(8)5(3)7;/h4-5H,7H2,1-3H3;1H/t5-;/m0./s1. The molecule has 0 aromatic carbocycles. The summed E-state index contributed by atoms with van der Waals surface area (Å²) in [6.45, 7) is 5.19. The SMILES string of the molecule is CC(C)OC(=O)[C@H](C)N.[HH]. The van der Waals surface area contributed by atoms with E-state index < -0.39 is 6.04 Å². The largest absolute Gasteiger partial charge is 0.462 e. The van der Waals surface area contributed by atoms with Gasteiger partial charge in [0.05, 0.1) is 6.10 Å². The molecule has 0 radical (unpaired) electrons. The van der Waals surface area contributed by atoms with Crippen molar-refractivity contribution in [3.8, 4) is 0 Å². The van der Waals surface area contributed by atoms with Gasteiger partial charge < -0.3 is 10.5 Å². The molecule has 3 heteroatoms. The Morgan fingerprint density at radius 3 is 2.11 bits per heavy atom. The molecule has 0 bridgehead atoms. The van der Waals surface area contributed by atoms with Crippen LogP contribution in [-0.4, -0.2) is 18.1 Å². The second kappa shape index (κ2) is 3.45. The number of hydrogen-bond acceptors (Lipinski definition) is 3. The van der Waals surface area contributed by atoms with Crippen LogP contribution in [0.4, 0.5) is 0 Å². The molecule has 2 N–H and O–H groups in total. The number of hydrogen-bond donors (Lipinski definition) is 1. The lowest BCUT2D eigenvalue weighted by molar-refractivity contribution is -0.148. The predicted molar refractivity (Wildman–Crippen MR) is 37.0 cm³/mol. The van der Waals surface area contributed by atoms with Gasteiger partial charge in [0.1, 0.15) is 6.04 Å². The Hall–Kier alpha value is -0.570. The maximum Gasteiger partial charge on any atom is 0.322 e. The minimum Gasteiger partial charge on any atom is -0.462 e. The number of carbonyl (C=O) groups is 1. The summed E-state index contributed by atoms with van der Waals surface area (Å²) in [4.78, 5) is 10.6. The van der Waals surface area contributed by atoms with Crippen molar-refractivity contribution in [2.75, 3.05) is 0 Å². The molecule has 0 unspecified atom stereocenters. The van der Waals surface area contributed by atoms with Crippen LogP contribution in [0.2, 0.25) is 0 Å². The van der Waals surface area contributed by atoms with Crippen molar-refractivity contribution >= 4 is 5.97 Å². The molecule has 0 amide bonds. The fourth-order valence-corrected chi connectivity index (χ4v) is 0.340. The second-order valence-corrected chi connectivity index (χ2v) is 2.27. The Morgan fingerprint density at radius 2 is 2.00 bits per heavy atom. The van der Waals surface area contributed by atoms with Crippen molar-refractivity contribution in [3.05, 3.63) is 0 Å². The van der Waals surface area contributed by atoms with Gasteiger partial charge in [0, 0.05) is 1.43 Å². The van der Waals surface area contributed by atoms with E-state index in [1.54, 1.807) is 20.8 Å². The maximum atomic E-state index is 10.6. The van der Waals surface area contributed by atoms with Crippen molar-refractivity contribution < 1.29 is 11.0 Å². The fourth-order valence-electron chi connectivity index (χ4n) is 0.340. The molecule has 56 valence electrons. The molecule has 3 nitrogen and oxygen atoms in total. The van der Waals surface area contributed by atoms with E-state index >= 15 is 0 Å². The van der Waals surface area contributed by atoms with Crippen LogP contribution in [0.5, 0.6) is 0 Å². The van der Waals surface area contributed by atoms with Crippen LogP contribution < -0.4 is 5.73 Å². The van der Waals surface area contributed by atoms with E-state index in [4.69, 9.17) is 10.5 Å². The summed E-state index contributed by atoms with van der Waals surface area (Å²) >= 11 is 0. The van der Waals surface area contributed by atoms with Crippen LogP contribution in [-0.2, 0) is 9.53 Å². The Bertz CT molecular complexity index is 104. The average Bonchev–Trinajstić information content (AvgIpc) is 1.63. The Balaban J connectivity index is 0. The zero-order valence-electron chi connectivity index (χ0n) is 6.05. The van der Waals surface area contributed by atoms with Crippen LogP contribution >= 0.6 is 0 Å². The summed E-state index contributed by atoms with van der Waals surface area (Å²) in [7, 11) is 0. The van der Waals surface area contributed by atoms with Crippen molar-refractivity contribution in [2.45, 2.75) is 32.9 Å². The molecule has 0 saturated carbocycles. The van der Waals surface area contributed by atoms with Crippen LogP contribution in [0.1, 0.15) is 22.2 Å². The van der Waals surface area contributed by atoms with Crippen molar-refractivity contribution in [1.29, 1.82) is 0 Å². The van der Waals surface area contributed by atoms with Crippen LogP contribution in [0, 0.1) is 0 Å². The van der Waals surface area contributed by atoms with Crippen molar-refractivity contribution in [3.63, 3.8) is 0 Å². The van der Waals surface area contributed by atoms with Gasteiger partial charge in [0.2, 0.25) is 0 Å². The molecule has 0 saturated heterocycles. The van der Waals surface area contributed by atoms with E-state index in [2.05, 4.69) is 0 Å². The van der Waals surface area contributed by atoms with E-state index in [0.717, 1.165) is 0 Å². The molecule has 0 fully saturated rings. The number of rotatable bonds is 2. The van der Waals surface area contributed by atoms with E-state index in [1.165, 1.54) is 0 Å². The van der Waals surface area contributed by atoms with E-state index in [-0.39, 0.29) is 13.5 Å². The highest BCUT2D eigenvalue weighted by atomic mass is 16.5. The highest BCUT2D eigenvalue weighted by molar-refractivity contribution is 5.74. The fraction of sp³-hybridized carbons (Fsp3) is 0.833. The second-order valence-electron chi connectivity index (χ2n) is 2.27. The summed E-state index contributed by atoms with van der Waals surface area (Å²) < 4.78 is 4.75. The van der Waals surface area contributed by atoms with Gasteiger partial charge in [-0.15, -0.1) is 0 Å². The third-order valence-electron chi connectivity index (χ3n) is 0.724.